The highest BCUT2D eigenvalue weighted by molar-refractivity contribution is 5.75. The van der Waals surface area contributed by atoms with Gasteiger partial charge in [0.1, 0.15) is 6.10 Å². The molecule has 0 aliphatic heterocycles. The standard InChI is InChI=1S/C27H50O4/c1-5-7-16-22(6-2)25(19-13-11-9-8-10-12-15-21(3)4)31-27(30)24-18-14-17-23(20-24)26(28)29/h21-25H,5-20H2,1-4H3,(H,28,29). The van der Waals surface area contributed by atoms with Crippen LogP contribution in [0.15, 0.2) is 0 Å². The number of rotatable bonds is 17. The van der Waals surface area contributed by atoms with Crippen LogP contribution in [0, 0.1) is 23.7 Å². The van der Waals surface area contributed by atoms with Crippen molar-refractivity contribution in [2.24, 2.45) is 23.7 Å². The minimum atomic E-state index is -0.767. The van der Waals surface area contributed by atoms with Crippen LogP contribution >= 0.6 is 0 Å². The number of hydrogen-bond donors (Lipinski definition) is 1. The molecule has 1 saturated carbocycles. The summed E-state index contributed by atoms with van der Waals surface area (Å²) in [5, 5.41) is 9.34. The number of hydrogen-bond acceptors (Lipinski definition) is 3. The Hall–Kier alpha value is -1.06. The van der Waals surface area contributed by atoms with Crippen LogP contribution in [0.3, 0.4) is 0 Å². The van der Waals surface area contributed by atoms with Crippen molar-refractivity contribution in [3.8, 4) is 0 Å². The fourth-order valence-corrected chi connectivity index (χ4v) is 4.99. The van der Waals surface area contributed by atoms with E-state index in [9.17, 15) is 14.7 Å². The molecular formula is C27H50O4. The molecule has 0 saturated heterocycles. The van der Waals surface area contributed by atoms with Crippen LogP contribution in [0.1, 0.15) is 130 Å². The lowest BCUT2D eigenvalue weighted by Crippen LogP contribution is -2.33. The molecule has 0 aromatic carbocycles. The Balaban J connectivity index is 2.51. The van der Waals surface area contributed by atoms with Crippen molar-refractivity contribution < 1.29 is 19.4 Å². The number of unbranched alkanes of at least 4 members (excludes halogenated alkanes) is 6. The van der Waals surface area contributed by atoms with Gasteiger partial charge in [-0.2, -0.15) is 0 Å². The Morgan fingerprint density at radius 3 is 2.06 bits per heavy atom. The zero-order valence-corrected chi connectivity index (χ0v) is 20.9. The Morgan fingerprint density at radius 2 is 1.48 bits per heavy atom. The SMILES string of the molecule is CCCCC(CC)C(CCCCCCCCC(C)C)OC(=O)C1CCCC(C(=O)O)C1. The third-order valence-electron chi connectivity index (χ3n) is 7.12. The lowest BCUT2D eigenvalue weighted by atomic mass is 9.81. The van der Waals surface area contributed by atoms with Crippen LogP contribution in [-0.4, -0.2) is 23.1 Å². The molecule has 1 aliphatic rings. The second kappa shape index (κ2) is 16.6. The van der Waals surface area contributed by atoms with Crippen molar-refractivity contribution in [3.63, 3.8) is 0 Å². The van der Waals surface area contributed by atoms with Gasteiger partial charge < -0.3 is 9.84 Å². The Bertz CT molecular complexity index is 488. The highest BCUT2D eigenvalue weighted by Gasteiger charge is 2.34. The van der Waals surface area contributed by atoms with Crippen LogP contribution in [0.25, 0.3) is 0 Å². The molecule has 0 aromatic heterocycles. The van der Waals surface area contributed by atoms with Crippen molar-refractivity contribution in [2.45, 2.75) is 137 Å². The maximum atomic E-state index is 12.9. The molecule has 4 heteroatoms. The van der Waals surface area contributed by atoms with E-state index in [0.29, 0.717) is 18.8 Å². The van der Waals surface area contributed by atoms with Crippen molar-refractivity contribution in [2.75, 3.05) is 0 Å². The molecule has 1 fully saturated rings. The number of ether oxygens (including phenoxy) is 1. The van der Waals surface area contributed by atoms with Gasteiger partial charge in [-0.15, -0.1) is 0 Å². The number of carbonyl (C=O) groups excluding carboxylic acids is 1. The lowest BCUT2D eigenvalue weighted by molar-refractivity contribution is -0.160. The largest absolute Gasteiger partial charge is 0.481 e. The number of carboxylic acids is 1. The minimum Gasteiger partial charge on any atom is -0.481 e. The molecule has 4 unspecified atom stereocenters. The zero-order chi connectivity index (χ0) is 23.1. The Morgan fingerprint density at radius 1 is 0.871 bits per heavy atom. The van der Waals surface area contributed by atoms with E-state index in [4.69, 9.17) is 4.74 Å². The predicted octanol–water partition coefficient (Wildman–Crippen LogP) is 7.78. The van der Waals surface area contributed by atoms with Crippen molar-refractivity contribution in [1.29, 1.82) is 0 Å². The third kappa shape index (κ3) is 11.9. The van der Waals surface area contributed by atoms with Gasteiger partial charge in [0.15, 0.2) is 0 Å². The molecular weight excluding hydrogens is 388 g/mol. The van der Waals surface area contributed by atoms with Gasteiger partial charge in [0.2, 0.25) is 0 Å². The first kappa shape index (κ1) is 28.0. The highest BCUT2D eigenvalue weighted by atomic mass is 16.5. The first-order valence-corrected chi connectivity index (χ1v) is 13.3. The molecule has 1 rings (SSSR count). The summed E-state index contributed by atoms with van der Waals surface area (Å²) < 4.78 is 6.11. The van der Waals surface area contributed by atoms with Crippen molar-refractivity contribution in [3.05, 3.63) is 0 Å². The van der Waals surface area contributed by atoms with E-state index in [1.165, 1.54) is 44.9 Å². The first-order valence-electron chi connectivity index (χ1n) is 13.3. The predicted molar refractivity (Wildman–Crippen MR) is 128 cm³/mol. The highest BCUT2D eigenvalue weighted by Crippen LogP contribution is 2.32. The number of aliphatic carboxylic acids is 1. The van der Waals surface area contributed by atoms with Gasteiger partial charge in [0.05, 0.1) is 11.8 Å². The van der Waals surface area contributed by atoms with Gasteiger partial charge in [-0.05, 0) is 56.8 Å². The van der Waals surface area contributed by atoms with Gasteiger partial charge in [-0.1, -0.05) is 85.5 Å². The van der Waals surface area contributed by atoms with Crippen LogP contribution < -0.4 is 0 Å². The van der Waals surface area contributed by atoms with Gasteiger partial charge >= 0.3 is 11.9 Å². The fraction of sp³-hybridized carbons (Fsp3) is 0.926. The van der Waals surface area contributed by atoms with E-state index < -0.39 is 5.97 Å². The number of carbonyl (C=O) groups is 2. The molecule has 4 atom stereocenters. The van der Waals surface area contributed by atoms with Crippen LogP contribution in [-0.2, 0) is 14.3 Å². The summed E-state index contributed by atoms with van der Waals surface area (Å²) in [6.07, 6.45) is 17.1. The summed E-state index contributed by atoms with van der Waals surface area (Å²) in [4.78, 5) is 24.3. The van der Waals surface area contributed by atoms with E-state index in [1.54, 1.807) is 0 Å². The molecule has 182 valence electrons. The molecule has 0 spiro atoms. The second-order valence-corrected chi connectivity index (χ2v) is 10.3. The summed E-state index contributed by atoms with van der Waals surface area (Å²) in [6.45, 7) is 9.00. The van der Waals surface area contributed by atoms with Gasteiger partial charge in [-0.25, -0.2) is 0 Å². The van der Waals surface area contributed by atoms with Crippen LogP contribution in [0.2, 0.25) is 0 Å². The second-order valence-electron chi connectivity index (χ2n) is 10.3. The Labute approximate surface area is 191 Å². The average Bonchev–Trinajstić information content (AvgIpc) is 2.75. The zero-order valence-electron chi connectivity index (χ0n) is 20.9. The molecule has 1 aliphatic carbocycles. The maximum Gasteiger partial charge on any atom is 0.309 e. The molecule has 1 N–H and O–H groups in total. The van der Waals surface area contributed by atoms with E-state index in [1.807, 2.05) is 0 Å². The minimum absolute atomic E-state index is 0.00445. The first-order chi connectivity index (χ1) is 14.9. The molecule has 0 radical (unpaired) electrons. The summed E-state index contributed by atoms with van der Waals surface area (Å²) in [5.74, 6) is -0.297. The number of carboxylic acid groups (broad SMARTS) is 1. The lowest BCUT2D eigenvalue weighted by Gasteiger charge is -2.30. The van der Waals surface area contributed by atoms with Gasteiger partial charge in [-0.3, -0.25) is 9.59 Å². The molecule has 0 heterocycles. The summed E-state index contributed by atoms with van der Waals surface area (Å²) in [5.41, 5.74) is 0. The maximum absolute atomic E-state index is 12.9. The quantitative estimate of drug-likeness (QED) is 0.186. The summed E-state index contributed by atoms with van der Waals surface area (Å²) in [7, 11) is 0. The summed E-state index contributed by atoms with van der Waals surface area (Å²) in [6, 6.07) is 0. The topological polar surface area (TPSA) is 63.6 Å². The molecule has 4 nitrogen and oxygen atoms in total. The van der Waals surface area contributed by atoms with Crippen molar-refractivity contribution >= 4 is 11.9 Å². The smallest absolute Gasteiger partial charge is 0.309 e. The monoisotopic (exact) mass is 438 g/mol. The average molecular weight is 439 g/mol. The normalized spacial score (nSPS) is 21.1. The van der Waals surface area contributed by atoms with Crippen LogP contribution in [0.5, 0.6) is 0 Å². The van der Waals surface area contributed by atoms with Gasteiger partial charge in [0, 0.05) is 0 Å². The molecule has 0 amide bonds. The van der Waals surface area contributed by atoms with Crippen molar-refractivity contribution in [1.82, 2.24) is 0 Å². The molecule has 31 heavy (non-hydrogen) atoms. The van der Waals surface area contributed by atoms with Crippen LogP contribution in [0.4, 0.5) is 0 Å². The Kier molecular flexibility index (Phi) is 14.9. The van der Waals surface area contributed by atoms with E-state index in [-0.39, 0.29) is 23.9 Å². The van der Waals surface area contributed by atoms with E-state index >= 15 is 0 Å². The molecule has 0 aromatic rings. The molecule has 0 bridgehead atoms. The van der Waals surface area contributed by atoms with E-state index in [0.717, 1.165) is 50.9 Å². The fourth-order valence-electron chi connectivity index (χ4n) is 4.99. The number of esters is 1. The van der Waals surface area contributed by atoms with Gasteiger partial charge in [0.25, 0.3) is 0 Å². The van der Waals surface area contributed by atoms with E-state index in [2.05, 4.69) is 27.7 Å². The summed E-state index contributed by atoms with van der Waals surface area (Å²) >= 11 is 0. The third-order valence-corrected chi connectivity index (χ3v) is 7.12.